The predicted octanol–water partition coefficient (Wildman–Crippen LogP) is 5.83. The zero-order valence-electron chi connectivity index (χ0n) is 14.1. The lowest BCUT2D eigenvalue weighted by atomic mass is 10.1. The minimum Gasteiger partial charge on any atom is -0.435 e. The summed E-state index contributed by atoms with van der Waals surface area (Å²) in [6.07, 6.45) is 0. The number of halogens is 4. The Kier molecular flexibility index (Phi) is 7.49. The number of alkyl halides is 4. The summed E-state index contributed by atoms with van der Waals surface area (Å²) in [6, 6.07) is 22.1. The van der Waals surface area contributed by atoms with Crippen LogP contribution in [0.3, 0.4) is 0 Å². The highest BCUT2D eigenvalue weighted by atomic mass is 19.3. The number of benzene rings is 3. The van der Waals surface area contributed by atoms with Crippen LogP contribution in [0, 0.1) is 0 Å². The summed E-state index contributed by atoms with van der Waals surface area (Å²) in [4.78, 5) is 0. The average Bonchev–Trinajstić information content (AvgIpc) is 2.65. The Hall–Kier alpha value is -3.22. The van der Waals surface area contributed by atoms with Crippen LogP contribution in [0.2, 0.25) is 0 Å². The second-order valence-corrected chi connectivity index (χ2v) is 5.22. The monoisotopic (exact) mass is 379 g/mol. The topological polar surface area (TPSA) is 44.5 Å². The van der Waals surface area contributed by atoms with Crippen molar-refractivity contribution in [3.8, 4) is 22.6 Å². The molecular weight excluding hydrogens is 362 g/mol. The van der Waals surface area contributed by atoms with Crippen LogP contribution in [0.1, 0.15) is 0 Å². The molecule has 7 heteroatoms. The summed E-state index contributed by atoms with van der Waals surface area (Å²) in [7, 11) is 0. The number of hydrogen-bond acceptors (Lipinski definition) is 3. The molecule has 0 aliphatic carbocycles. The lowest BCUT2D eigenvalue weighted by Gasteiger charge is -2.05. The molecule has 0 atom stereocenters. The fourth-order valence-corrected chi connectivity index (χ4v) is 2.11. The first-order chi connectivity index (χ1) is 12.9. The van der Waals surface area contributed by atoms with Crippen LogP contribution in [-0.4, -0.2) is 13.2 Å². The summed E-state index contributed by atoms with van der Waals surface area (Å²) in [6.45, 7) is -5.55. The molecule has 0 saturated heterocycles. The molecule has 0 unspecified atom stereocenters. The lowest BCUT2D eigenvalue weighted by Crippen LogP contribution is -2.01. The number of hydrogen-bond donors (Lipinski definition) is 1. The maximum atomic E-state index is 11.9. The summed E-state index contributed by atoms with van der Waals surface area (Å²) in [5, 5.41) is 0. The van der Waals surface area contributed by atoms with Crippen molar-refractivity contribution < 1.29 is 27.0 Å². The van der Waals surface area contributed by atoms with E-state index in [4.69, 9.17) is 5.73 Å². The summed E-state index contributed by atoms with van der Waals surface area (Å²) in [5.41, 5.74) is 7.86. The first-order valence-corrected chi connectivity index (χ1v) is 7.84. The SMILES string of the molecule is FC(F)Oc1ccc(-c2ccccc2)cc1.Nc1ccc(OC(F)F)cc1. The van der Waals surface area contributed by atoms with Crippen molar-refractivity contribution in [3.63, 3.8) is 0 Å². The van der Waals surface area contributed by atoms with Gasteiger partial charge in [-0.15, -0.1) is 0 Å². The van der Waals surface area contributed by atoms with Crippen LogP contribution in [0.4, 0.5) is 23.2 Å². The third-order valence-electron chi connectivity index (χ3n) is 3.29. The van der Waals surface area contributed by atoms with Gasteiger partial charge in [0.25, 0.3) is 0 Å². The molecule has 0 fully saturated rings. The van der Waals surface area contributed by atoms with Crippen molar-refractivity contribution in [2.45, 2.75) is 13.2 Å². The molecule has 0 aliphatic heterocycles. The molecule has 0 saturated carbocycles. The molecule has 3 nitrogen and oxygen atoms in total. The van der Waals surface area contributed by atoms with E-state index in [9.17, 15) is 17.6 Å². The number of nitrogens with two attached hydrogens (primary N) is 1. The molecule has 0 aromatic heterocycles. The first kappa shape index (κ1) is 20.1. The number of nitrogen functional groups attached to an aromatic ring is 1. The van der Waals surface area contributed by atoms with Gasteiger partial charge in [0.15, 0.2) is 0 Å². The maximum absolute atomic E-state index is 11.9. The number of ether oxygens (including phenoxy) is 2. The van der Waals surface area contributed by atoms with Gasteiger partial charge in [-0.05, 0) is 47.5 Å². The molecule has 3 aromatic rings. The van der Waals surface area contributed by atoms with Crippen molar-refractivity contribution in [2.75, 3.05) is 5.73 Å². The van der Waals surface area contributed by atoms with Crippen LogP contribution in [0.5, 0.6) is 11.5 Å². The van der Waals surface area contributed by atoms with Gasteiger partial charge in [-0.1, -0.05) is 42.5 Å². The van der Waals surface area contributed by atoms with Crippen LogP contribution < -0.4 is 15.2 Å². The Bertz CT molecular complexity index is 794. The van der Waals surface area contributed by atoms with Gasteiger partial charge in [-0.3, -0.25) is 0 Å². The highest BCUT2D eigenvalue weighted by molar-refractivity contribution is 5.63. The molecule has 0 radical (unpaired) electrons. The second-order valence-electron chi connectivity index (χ2n) is 5.22. The lowest BCUT2D eigenvalue weighted by molar-refractivity contribution is -0.0505. The maximum Gasteiger partial charge on any atom is 0.387 e. The van der Waals surface area contributed by atoms with E-state index in [2.05, 4.69) is 9.47 Å². The van der Waals surface area contributed by atoms with E-state index in [-0.39, 0.29) is 11.5 Å². The van der Waals surface area contributed by atoms with Crippen LogP contribution in [0.15, 0.2) is 78.9 Å². The van der Waals surface area contributed by atoms with E-state index in [0.717, 1.165) is 11.1 Å². The highest BCUT2D eigenvalue weighted by Gasteiger charge is 2.04. The van der Waals surface area contributed by atoms with Crippen molar-refractivity contribution >= 4 is 5.69 Å². The van der Waals surface area contributed by atoms with E-state index >= 15 is 0 Å². The quantitative estimate of drug-likeness (QED) is 0.448. The van der Waals surface area contributed by atoms with Gasteiger partial charge in [0.1, 0.15) is 11.5 Å². The first-order valence-electron chi connectivity index (χ1n) is 7.84. The van der Waals surface area contributed by atoms with Gasteiger partial charge >= 0.3 is 13.2 Å². The van der Waals surface area contributed by atoms with Crippen LogP contribution in [-0.2, 0) is 0 Å². The fourth-order valence-electron chi connectivity index (χ4n) is 2.11. The molecule has 0 aliphatic rings. The third-order valence-corrected chi connectivity index (χ3v) is 3.29. The molecule has 0 bridgehead atoms. The zero-order valence-corrected chi connectivity index (χ0v) is 14.1. The second kappa shape index (κ2) is 10.1. The van der Waals surface area contributed by atoms with Gasteiger partial charge < -0.3 is 15.2 Å². The number of rotatable bonds is 5. The normalized spacial score (nSPS) is 10.3. The van der Waals surface area contributed by atoms with Crippen molar-refractivity contribution in [2.24, 2.45) is 0 Å². The Morgan fingerprint density at radius 2 is 0.963 bits per heavy atom. The molecule has 3 aromatic carbocycles. The van der Waals surface area contributed by atoms with Gasteiger partial charge in [-0.2, -0.15) is 17.6 Å². The molecule has 0 amide bonds. The Morgan fingerprint density at radius 3 is 1.41 bits per heavy atom. The van der Waals surface area contributed by atoms with E-state index in [1.54, 1.807) is 12.1 Å². The molecular formula is C20H17F4NO2. The summed E-state index contributed by atoms with van der Waals surface area (Å²) < 4.78 is 55.3. The molecule has 0 heterocycles. The third kappa shape index (κ3) is 7.27. The zero-order chi connectivity index (χ0) is 19.6. The van der Waals surface area contributed by atoms with Crippen molar-refractivity contribution in [1.29, 1.82) is 0 Å². The van der Waals surface area contributed by atoms with Gasteiger partial charge in [-0.25, -0.2) is 0 Å². The smallest absolute Gasteiger partial charge is 0.387 e. The average molecular weight is 379 g/mol. The minimum atomic E-state index is -2.78. The van der Waals surface area contributed by atoms with Gasteiger partial charge in [0.2, 0.25) is 0 Å². The van der Waals surface area contributed by atoms with E-state index in [1.807, 2.05) is 30.3 Å². The summed E-state index contributed by atoms with van der Waals surface area (Å²) in [5.74, 6) is 0.295. The Morgan fingerprint density at radius 1 is 0.556 bits per heavy atom. The van der Waals surface area contributed by atoms with Crippen molar-refractivity contribution in [1.82, 2.24) is 0 Å². The largest absolute Gasteiger partial charge is 0.435 e. The molecule has 0 spiro atoms. The predicted molar refractivity (Wildman–Crippen MR) is 96.0 cm³/mol. The molecule has 2 N–H and O–H groups in total. The van der Waals surface area contributed by atoms with E-state index in [0.29, 0.717) is 5.69 Å². The Balaban J connectivity index is 0.000000208. The van der Waals surface area contributed by atoms with Crippen molar-refractivity contribution in [3.05, 3.63) is 78.9 Å². The highest BCUT2D eigenvalue weighted by Crippen LogP contribution is 2.22. The molecule has 3 rings (SSSR count). The van der Waals surface area contributed by atoms with Crippen LogP contribution >= 0.6 is 0 Å². The minimum absolute atomic E-state index is 0.120. The van der Waals surface area contributed by atoms with Gasteiger partial charge in [0.05, 0.1) is 0 Å². The molecule has 27 heavy (non-hydrogen) atoms. The summed E-state index contributed by atoms with van der Waals surface area (Å²) >= 11 is 0. The standard InChI is InChI=1S/C13H10F2O.C7H7F2NO/c14-13(15)16-12-8-6-11(7-9-12)10-4-2-1-3-5-10;8-7(9)11-6-3-1-5(10)2-4-6/h1-9,13H;1-4,7H,10H2. The Labute approximate surface area is 154 Å². The number of anilines is 1. The fraction of sp³-hybridized carbons (Fsp3) is 0.100. The van der Waals surface area contributed by atoms with Gasteiger partial charge in [0, 0.05) is 5.69 Å². The van der Waals surface area contributed by atoms with E-state index < -0.39 is 13.2 Å². The van der Waals surface area contributed by atoms with E-state index in [1.165, 1.54) is 36.4 Å². The van der Waals surface area contributed by atoms with Crippen LogP contribution in [0.25, 0.3) is 11.1 Å². The molecule has 142 valence electrons.